The van der Waals surface area contributed by atoms with Crippen LogP contribution in [0.2, 0.25) is 0 Å². The summed E-state index contributed by atoms with van der Waals surface area (Å²) < 4.78 is 5.76. The van der Waals surface area contributed by atoms with Crippen LogP contribution in [-0.4, -0.2) is 35.3 Å². The first-order valence-electron chi connectivity index (χ1n) is 8.82. The highest BCUT2D eigenvalue weighted by atomic mass is 16.5. The number of carbonyl (C=O) groups excluding carboxylic acids is 2. The Bertz CT molecular complexity index is 974. The second kappa shape index (κ2) is 8.81. The summed E-state index contributed by atoms with van der Waals surface area (Å²) in [5, 5.41) is 2.70. The number of anilines is 1. The van der Waals surface area contributed by atoms with E-state index in [0.29, 0.717) is 22.9 Å². The third-order valence-electron chi connectivity index (χ3n) is 3.97. The van der Waals surface area contributed by atoms with E-state index in [4.69, 9.17) is 4.74 Å². The topological polar surface area (TPSA) is 71.5 Å². The van der Waals surface area contributed by atoms with Crippen LogP contribution >= 0.6 is 0 Å². The van der Waals surface area contributed by atoms with E-state index in [1.54, 1.807) is 43.6 Å². The summed E-state index contributed by atoms with van der Waals surface area (Å²) >= 11 is 0. The number of hydrogen-bond donors (Lipinski definition) is 1. The minimum absolute atomic E-state index is 0.0851. The van der Waals surface area contributed by atoms with E-state index >= 15 is 0 Å². The molecule has 142 valence electrons. The predicted octanol–water partition coefficient (Wildman–Crippen LogP) is 3.89. The summed E-state index contributed by atoms with van der Waals surface area (Å²) in [5.41, 5.74) is 1.43. The molecule has 0 bridgehead atoms. The first-order valence-corrected chi connectivity index (χ1v) is 8.82. The number of pyridine rings is 1. The highest BCUT2D eigenvalue weighted by molar-refractivity contribution is 5.99. The van der Waals surface area contributed by atoms with Gasteiger partial charge >= 0.3 is 0 Å². The molecule has 6 nitrogen and oxygen atoms in total. The minimum atomic E-state index is -0.314. The lowest BCUT2D eigenvalue weighted by Gasteiger charge is -2.17. The second-order valence-electron chi connectivity index (χ2n) is 6.37. The minimum Gasteiger partial charge on any atom is -0.457 e. The molecule has 3 rings (SSSR count). The number of aromatic nitrogens is 1. The number of hydrogen-bond acceptors (Lipinski definition) is 4. The van der Waals surface area contributed by atoms with Crippen molar-refractivity contribution in [2.45, 2.75) is 6.92 Å². The van der Waals surface area contributed by atoms with Crippen molar-refractivity contribution >= 4 is 17.6 Å². The zero-order valence-electron chi connectivity index (χ0n) is 15.8. The van der Waals surface area contributed by atoms with Crippen LogP contribution in [0.1, 0.15) is 15.9 Å². The number of aryl methyl sites for hydroxylation is 1. The molecule has 6 heteroatoms. The SMILES string of the molecule is Cc1ccnc(NC(=O)CN(C)C(=O)c2cccc(Oc3ccccc3)c2)c1. The highest BCUT2D eigenvalue weighted by Gasteiger charge is 2.16. The molecule has 0 aliphatic heterocycles. The Hall–Kier alpha value is -3.67. The van der Waals surface area contributed by atoms with E-state index < -0.39 is 0 Å². The maximum atomic E-state index is 12.7. The lowest BCUT2D eigenvalue weighted by atomic mass is 10.2. The molecule has 0 spiro atoms. The van der Waals surface area contributed by atoms with Crippen molar-refractivity contribution in [3.8, 4) is 11.5 Å². The summed E-state index contributed by atoms with van der Waals surface area (Å²) in [5.74, 6) is 1.12. The van der Waals surface area contributed by atoms with Crippen molar-refractivity contribution in [1.82, 2.24) is 9.88 Å². The molecule has 0 aliphatic rings. The van der Waals surface area contributed by atoms with Gasteiger partial charge in [0.1, 0.15) is 17.3 Å². The molecule has 0 saturated carbocycles. The quantitative estimate of drug-likeness (QED) is 0.709. The number of carbonyl (C=O) groups is 2. The van der Waals surface area contributed by atoms with E-state index in [0.717, 1.165) is 5.56 Å². The Labute approximate surface area is 163 Å². The molecule has 0 unspecified atom stereocenters. The van der Waals surface area contributed by atoms with Crippen LogP contribution in [0.25, 0.3) is 0 Å². The van der Waals surface area contributed by atoms with Crippen LogP contribution in [0.5, 0.6) is 11.5 Å². The van der Waals surface area contributed by atoms with Gasteiger partial charge in [-0.05, 0) is 55.0 Å². The Morgan fingerprint density at radius 3 is 2.50 bits per heavy atom. The fourth-order valence-electron chi connectivity index (χ4n) is 2.61. The van der Waals surface area contributed by atoms with Crippen LogP contribution < -0.4 is 10.1 Å². The third-order valence-corrected chi connectivity index (χ3v) is 3.97. The molecular formula is C22H21N3O3. The summed E-state index contributed by atoms with van der Waals surface area (Å²) in [7, 11) is 1.58. The molecule has 0 atom stereocenters. The maximum absolute atomic E-state index is 12.7. The number of nitrogens with zero attached hydrogens (tertiary/aromatic N) is 2. The average Bonchev–Trinajstić information content (AvgIpc) is 2.68. The van der Waals surface area contributed by atoms with Gasteiger partial charge in [-0.2, -0.15) is 0 Å². The number of amides is 2. The molecule has 0 radical (unpaired) electrons. The Balaban J connectivity index is 1.62. The van der Waals surface area contributed by atoms with Crippen LogP contribution in [0, 0.1) is 6.92 Å². The van der Waals surface area contributed by atoms with Gasteiger partial charge in [0.05, 0.1) is 6.54 Å². The lowest BCUT2D eigenvalue weighted by Crippen LogP contribution is -2.35. The van der Waals surface area contributed by atoms with Crippen molar-refractivity contribution in [2.24, 2.45) is 0 Å². The molecule has 0 saturated heterocycles. The smallest absolute Gasteiger partial charge is 0.254 e. The molecule has 2 aromatic carbocycles. The van der Waals surface area contributed by atoms with E-state index in [1.165, 1.54) is 4.90 Å². The average molecular weight is 375 g/mol. The molecule has 1 heterocycles. The molecular weight excluding hydrogens is 354 g/mol. The van der Waals surface area contributed by atoms with Crippen molar-refractivity contribution in [3.05, 3.63) is 84.1 Å². The third kappa shape index (κ3) is 5.17. The highest BCUT2D eigenvalue weighted by Crippen LogP contribution is 2.22. The van der Waals surface area contributed by atoms with Crippen LogP contribution in [-0.2, 0) is 4.79 Å². The van der Waals surface area contributed by atoms with Crippen LogP contribution in [0.3, 0.4) is 0 Å². The second-order valence-corrected chi connectivity index (χ2v) is 6.37. The largest absolute Gasteiger partial charge is 0.457 e. The summed E-state index contributed by atoms with van der Waals surface area (Å²) in [4.78, 5) is 30.3. The summed E-state index contributed by atoms with van der Waals surface area (Å²) in [6, 6.07) is 19.8. The van der Waals surface area contributed by atoms with Gasteiger partial charge in [-0.25, -0.2) is 4.98 Å². The number of nitrogens with one attached hydrogen (secondary N) is 1. The monoisotopic (exact) mass is 375 g/mol. The molecule has 1 N–H and O–H groups in total. The van der Waals surface area contributed by atoms with Crippen molar-refractivity contribution in [3.63, 3.8) is 0 Å². The number of para-hydroxylation sites is 1. The number of ether oxygens (including phenoxy) is 1. The Morgan fingerprint density at radius 2 is 1.75 bits per heavy atom. The van der Waals surface area contributed by atoms with E-state index in [-0.39, 0.29) is 18.4 Å². The summed E-state index contributed by atoms with van der Waals surface area (Å²) in [6.07, 6.45) is 1.62. The molecule has 3 aromatic rings. The molecule has 28 heavy (non-hydrogen) atoms. The zero-order valence-corrected chi connectivity index (χ0v) is 15.8. The number of benzene rings is 2. The van der Waals surface area contributed by atoms with Gasteiger partial charge in [-0.3, -0.25) is 9.59 Å². The van der Waals surface area contributed by atoms with E-state index in [1.807, 2.05) is 43.3 Å². The van der Waals surface area contributed by atoms with E-state index in [9.17, 15) is 9.59 Å². The van der Waals surface area contributed by atoms with Gasteiger partial charge in [0.15, 0.2) is 0 Å². The fraction of sp³-hybridized carbons (Fsp3) is 0.136. The first-order chi connectivity index (χ1) is 13.5. The Kier molecular flexibility index (Phi) is 6.01. The summed E-state index contributed by atoms with van der Waals surface area (Å²) in [6.45, 7) is 1.83. The maximum Gasteiger partial charge on any atom is 0.254 e. The van der Waals surface area contributed by atoms with Gasteiger partial charge in [0, 0.05) is 18.8 Å². The normalized spacial score (nSPS) is 10.2. The van der Waals surface area contributed by atoms with Crippen LogP contribution in [0.4, 0.5) is 5.82 Å². The zero-order chi connectivity index (χ0) is 19.9. The van der Waals surface area contributed by atoms with Gasteiger partial charge in [0.25, 0.3) is 5.91 Å². The first kappa shape index (κ1) is 19.1. The van der Waals surface area contributed by atoms with Gasteiger partial charge in [0.2, 0.25) is 5.91 Å². The predicted molar refractivity (Wildman–Crippen MR) is 108 cm³/mol. The van der Waals surface area contributed by atoms with Crippen molar-refractivity contribution in [1.29, 1.82) is 0 Å². The van der Waals surface area contributed by atoms with Gasteiger partial charge in [-0.15, -0.1) is 0 Å². The van der Waals surface area contributed by atoms with Gasteiger partial charge in [-0.1, -0.05) is 24.3 Å². The molecule has 0 aliphatic carbocycles. The molecule has 2 amide bonds. The standard InChI is InChI=1S/C22H21N3O3/c1-16-11-12-23-20(13-16)24-21(26)15-25(2)22(27)17-7-6-10-19(14-17)28-18-8-4-3-5-9-18/h3-14H,15H2,1-2H3,(H,23,24,26). The fourth-order valence-corrected chi connectivity index (χ4v) is 2.61. The number of likely N-dealkylation sites (N-methyl/N-ethyl adjacent to an activating group) is 1. The Morgan fingerprint density at radius 1 is 1.00 bits per heavy atom. The molecule has 1 aromatic heterocycles. The van der Waals surface area contributed by atoms with Crippen molar-refractivity contribution in [2.75, 3.05) is 18.9 Å². The van der Waals surface area contributed by atoms with Gasteiger partial charge < -0.3 is 15.0 Å². The lowest BCUT2D eigenvalue weighted by molar-refractivity contribution is -0.116. The number of rotatable bonds is 6. The van der Waals surface area contributed by atoms with E-state index in [2.05, 4.69) is 10.3 Å². The molecule has 0 fully saturated rings. The van der Waals surface area contributed by atoms with Crippen LogP contribution in [0.15, 0.2) is 72.9 Å². The van der Waals surface area contributed by atoms with Crippen molar-refractivity contribution < 1.29 is 14.3 Å².